The predicted octanol–water partition coefficient (Wildman–Crippen LogP) is 2.95. The number of benzene rings is 1. The molecule has 0 aliphatic heterocycles. The van der Waals surface area contributed by atoms with Crippen molar-refractivity contribution >= 4 is 10.0 Å². The number of nitrogens with one attached hydrogen (secondary N) is 1. The summed E-state index contributed by atoms with van der Waals surface area (Å²) in [5.41, 5.74) is 2.09. The van der Waals surface area contributed by atoms with Crippen LogP contribution in [-0.2, 0) is 23.6 Å². The Morgan fingerprint density at radius 1 is 1.13 bits per heavy atom. The highest BCUT2D eigenvalue weighted by atomic mass is 32.2. The fourth-order valence-corrected chi connectivity index (χ4v) is 4.18. The van der Waals surface area contributed by atoms with Crippen LogP contribution in [0.25, 0.3) is 0 Å². The highest BCUT2D eigenvalue weighted by Crippen LogP contribution is 2.32. The SMILES string of the molecule is Cn1nccc1CNS(=O)(=O)c1ccc(C2CCCCC2)cc1. The number of nitrogens with zero attached hydrogens (tertiary/aromatic N) is 2. The minimum Gasteiger partial charge on any atom is -0.271 e. The van der Waals surface area contributed by atoms with Gasteiger partial charge >= 0.3 is 0 Å². The van der Waals surface area contributed by atoms with E-state index in [0.717, 1.165) is 5.69 Å². The molecule has 0 amide bonds. The maximum Gasteiger partial charge on any atom is 0.240 e. The molecule has 0 bridgehead atoms. The Hall–Kier alpha value is -1.66. The van der Waals surface area contributed by atoms with Crippen molar-refractivity contribution in [1.29, 1.82) is 0 Å². The summed E-state index contributed by atoms with van der Waals surface area (Å²) in [5, 5.41) is 4.04. The quantitative estimate of drug-likeness (QED) is 0.915. The van der Waals surface area contributed by atoms with E-state index in [4.69, 9.17) is 0 Å². The predicted molar refractivity (Wildman–Crippen MR) is 89.5 cm³/mol. The van der Waals surface area contributed by atoms with Gasteiger partial charge in [0.25, 0.3) is 0 Å². The average Bonchev–Trinajstić information content (AvgIpc) is 2.99. The minimum atomic E-state index is -3.49. The van der Waals surface area contributed by atoms with E-state index in [0.29, 0.717) is 10.8 Å². The Kier molecular flexibility index (Phi) is 4.82. The monoisotopic (exact) mass is 333 g/mol. The molecule has 0 unspecified atom stereocenters. The topological polar surface area (TPSA) is 64.0 Å². The van der Waals surface area contributed by atoms with Gasteiger partial charge in [-0.2, -0.15) is 5.10 Å². The molecule has 1 N–H and O–H groups in total. The third-order valence-corrected chi connectivity index (χ3v) is 6.05. The molecule has 5 nitrogen and oxygen atoms in total. The average molecular weight is 333 g/mol. The zero-order valence-corrected chi connectivity index (χ0v) is 14.2. The van der Waals surface area contributed by atoms with Crippen LogP contribution in [-0.4, -0.2) is 18.2 Å². The molecule has 0 atom stereocenters. The van der Waals surface area contributed by atoms with Crippen LogP contribution in [0.5, 0.6) is 0 Å². The number of aryl methyl sites for hydroxylation is 1. The van der Waals surface area contributed by atoms with Gasteiger partial charge in [-0.25, -0.2) is 13.1 Å². The van der Waals surface area contributed by atoms with Crippen LogP contribution in [0, 0.1) is 0 Å². The number of aromatic nitrogens is 2. The third kappa shape index (κ3) is 3.82. The summed E-state index contributed by atoms with van der Waals surface area (Å²) in [4.78, 5) is 0.319. The molecule has 1 heterocycles. The lowest BCUT2D eigenvalue weighted by Crippen LogP contribution is -2.24. The molecule has 2 aromatic rings. The maximum atomic E-state index is 12.4. The Morgan fingerprint density at radius 2 is 1.83 bits per heavy atom. The Labute approximate surface area is 137 Å². The lowest BCUT2D eigenvalue weighted by Gasteiger charge is -2.22. The maximum absolute atomic E-state index is 12.4. The second kappa shape index (κ2) is 6.84. The summed E-state index contributed by atoms with van der Waals surface area (Å²) < 4.78 is 29.1. The highest BCUT2D eigenvalue weighted by Gasteiger charge is 2.18. The standard InChI is InChI=1S/C17H23N3O2S/c1-20-16(11-12-18-20)13-19-23(21,22)17-9-7-15(8-10-17)14-5-3-2-4-6-14/h7-12,14,19H,2-6,13H2,1H3. The van der Waals surface area contributed by atoms with Crippen LogP contribution < -0.4 is 4.72 Å². The highest BCUT2D eigenvalue weighted by molar-refractivity contribution is 7.89. The summed E-state index contributed by atoms with van der Waals surface area (Å²) in [6, 6.07) is 9.17. The summed E-state index contributed by atoms with van der Waals surface area (Å²) in [5.74, 6) is 0.586. The number of hydrogen-bond donors (Lipinski definition) is 1. The second-order valence-electron chi connectivity index (χ2n) is 6.17. The van der Waals surface area contributed by atoms with Crippen molar-refractivity contribution in [2.24, 2.45) is 7.05 Å². The van der Waals surface area contributed by atoms with E-state index >= 15 is 0 Å². The Bertz CT molecular complexity index is 744. The van der Waals surface area contributed by atoms with Crippen LogP contribution in [0.2, 0.25) is 0 Å². The van der Waals surface area contributed by atoms with E-state index < -0.39 is 10.0 Å². The van der Waals surface area contributed by atoms with Crippen LogP contribution in [0.4, 0.5) is 0 Å². The molecule has 0 spiro atoms. The Balaban J connectivity index is 1.68. The first-order valence-electron chi connectivity index (χ1n) is 8.13. The van der Waals surface area contributed by atoms with Gasteiger partial charge in [0, 0.05) is 13.2 Å². The van der Waals surface area contributed by atoms with Crippen molar-refractivity contribution < 1.29 is 8.42 Å². The van der Waals surface area contributed by atoms with Crippen molar-refractivity contribution in [2.45, 2.75) is 49.5 Å². The van der Waals surface area contributed by atoms with Crippen molar-refractivity contribution in [1.82, 2.24) is 14.5 Å². The minimum absolute atomic E-state index is 0.239. The fourth-order valence-electron chi connectivity index (χ4n) is 3.18. The molecule has 124 valence electrons. The summed E-state index contributed by atoms with van der Waals surface area (Å²) in [6.07, 6.45) is 7.95. The zero-order valence-electron chi connectivity index (χ0n) is 13.4. The largest absolute Gasteiger partial charge is 0.271 e. The zero-order chi connectivity index (χ0) is 16.3. The van der Waals surface area contributed by atoms with E-state index in [2.05, 4.69) is 9.82 Å². The first-order valence-corrected chi connectivity index (χ1v) is 9.61. The van der Waals surface area contributed by atoms with Gasteiger partial charge in [-0.15, -0.1) is 0 Å². The van der Waals surface area contributed by atoms with Crippen molar-refractivity contribution in [3.05, 3.63) is 47.8 Å². The van der Waals surface area contributed by atoms with Crippen LogP contribution in [0.1, 0.15) is 49.3 Å². The third-order valence-electron chi connectivity index (χ3n) is 4.63. The van der Waals surface area contributed by atoms with Gasteiger partial charge in [0.2, 0.25) is 10.0 Å². The molecule has 1 aromatic carbocycles. The van der Waals surface area contributed by atoms with Gasteiger partial charge in [-0.3, -0.25) is 4.68 Å². The van der Waals surface area contributed by atoms with Crippen molar-refractivity contribution in [2.75, 3.05) is 0 Å². The normalized spacial score (nSPS) is 16.6. The summed E-state index contributed by atoms with van der Waals surface area (Å²) in [7, 11) is -1.70. The molecular weight excluding hydrogens is 310 g/mol. The van der Waals surface area contributed by atoms with Gasteiger partial charge in [0.15, 0.2) is 0 Å². The molecule has 23 heavy (non-hydrogen) atoms. The van der Waals surface area contributed by atoms with Gasteiger partial charge in [-0.1, -0.05) is 31.4 Å². The van der Waals surface area contributed by atoms with Crippen LogP contribution in [0.3, 0.4) is 0 Å². The second-order valence-corrected chi connectivity index (χ2v) is 7.94. The fraction of sp³-hybridized carbons (Fsp3) is 0.471. The van der Waals surface area contributed by atoms with E-state index in [1.54, 1.807) is 36.1 Å². The first-order chi connectivity index (χ1) is 11.1. The smallest absolute Gasteiger partial charge is 0.240 e. The molecule has 3 rings (SSSR count). The molecule has 1 fully saturated rings. The van der Waals surface area contributed by atoms with E-state index in [1.165, 1.54) is 37.7 Å². The van der Waals surface area contributed by atoms with Gasteiger partial charge in [-0.05, 0) is 42.5 Å². The van der Waals surface area contributed by atoms with Crippen LogP contribution >= 0.6 is 0 Å². The number of rotatable bonds is 5. The van der Waals surface area contributed by atoms with E-state index in [-0.39, 0.29) is 6.54 Å². The van der Waals surface area contributed by atoms with Gasteiger partial charge in [0.05, 0.1) is 17.1 Å². The van der Waals surface area contributed by atoms with Crippen molar-refractivity contribution in [3.63, 3.8) is 0 Å². The number of sulfonamides is 1. The first kappa shape index (κ1) is 16.2. The molecule has 1 aliphatic carbocycles. The molecule has 0 saturated heterocycles. The summed E-state index contributed by atoms with van der Waals surface area (Å²) in [6.45, 7) is 0.239. The molecule has 1 aliphatic rings. The van der Waals surface area contributed by atoms with E-state index in [9.17, 15) is 8.42 Å². The molecule has 1 saturated carbocycles. The van der Waals surface area contributed by atoms with Gasteiger partial charge in [0.1, 0.15) is 0 Å². The molecule has 1 aromatic heterocycles. The summed E-state index contributed by atoms with van der Waals surface area (Å²) >= 11 is 0. The molecular formula is C17H23N3O2S. The van der Waals surface area contributed by atoms with Crippen molar-refractivity contribution in [3.8, 4) is 0 Å². The van der Waals surface area contributed by atoms with E-state index in [1.807, 2.05) is 12.1 Å². The number of hydrogen-bond acceptors (Lipinski definition) is 3. The lowest BCUT2D eigenvalue weighted by molar-refractivity contribution is 0.443. The molecule has 0 radical (unpaired) electrons. The Morgan fingerprint density at radius 3 is 2.43 bits per heavy atom. The van der Waals surface area contributed by atoms with Crippen LogP contribution in [0.15, 0.2) is 41.4 Å². The molecule has 6 heteroatoms. The lowest BCUT2D eigenvalue weighted by atomic mass is 9.84. The van der Waals surface area contributed by atoms with Gasteiger partial charge < -0.3 is 0 Å².